The first-order valence-corrected chi connectivity index (χ1v) is 5.05. The Morgan fingerprint density at radius 3 is 2.53 bits per heavy atom. The maximum absolute atomic E-state index is 11.1. The molecule has 0 aliphatic carbocycles. The molecule has 104 valence electrons. The number of esters is 1. The molecule has 2 N–H and O–H groups in total. The molecular formula is C10H12N2O7. The van der Waals surface area contributed by atoms with E-state index in [4.69, 9.17) is 4.74 Å². The summed E-state index contributed by atoms with van der Waals surface area (Å²) in [5, 5.41) is 30.1. The molecule has 9 nitrogen and oxygen atoms in total. The number of aliphatic hydroxyl groups excluding tert-OH is 2. The second-order valence-electron chi connectivity index (χ2n) is 3.43. The summed E-state index contributed by atoms with van der Waals surface area (Å²) in [5.74, 6) is -1.14. The van der Waals surface area contributed by atoms with Gasteiger partial charge >= 0.3 is 5.97 Å². The molecule has 0 aliphatic heterocycles. The Morgan fingerprint density at radius 2 is 2.05 bits per heavy atom. The van der Waals surface area contributed by atoms with Gasteiger partial charge in [0.05, 0.1) is 19.1 Å². The summed E-state index contributed by atoms with van der Waals surface area (Å²) in [5.41, 5.74) is -1.03. The lowest BCUT2D eigenvalue weighted by atomic mass is 10.1. The maximum Gasteiger partial charge on any atom is 0.337 e. The summed E-state index contributed by atoms with van der Waals surface area (Å²) < 4.78 is 9.00. The van der Waals surface area contributed by atoms with Crippen molar-refractivity contribution in [2.45, 2.75) is 12.2 Å². The van der Waals surface area contributed by atoms with Crippen LogP contribution < -0.4 is 4.74 Å². The Hall–Kier alpha value is -2.26. The Labute approximate surface area is 107 Å². The number of hydrogen-bond donors (Lipinski definition) is 2. The number of nitro groups is 1. The van der Waals surface area contributed by atoms with Gasteiger partial charge in [-0.25, -0.2) is 9.78 Å². The van der Waals surface area contributed by atoms with Crippen LogP contribution in [0.3, 0.4) is 0 Å². The van der Waals surface area contributed by atoms with Crippen molar-refractivity contribution in [3.05, 3.63) is 27.9 Å². The van der Waals surface area contributed by atoms with Crippen molar-refractivity contribution in [2.24, 2.45) is 0 Å². The van der Waals surface area contributed by atoms with E-state index in [1.54, 1.807) is 0 Å². The summed E-state index contributed by atoms with van der Waals surface area (Å²) >= 11 is 0. The number of carbonyl (C=O) groups is 1. The molecule has 2 unspecified atom stereocenters. The van der Waals surface area contributed by atoms with Crippen LogP contribution in [0.5, 0.6) is 5.88 Å². The quantitative estimate of drug-likeness (QED) is 0.419. The van der Waals surface area contributed by atoms with Crippen molar-refractivity contribution in [1.29, 1.82) is 0 Å². The third-order valence-corrected chi connectivity index (χ3v) is 2.30. The van der Waals surface area contributed by atoms with Gasteiger partial charge in [-0.2, -0.15) is 0 Å². The molecule has 1 heterocycles. The van der Waals surface area contributed by atoms with Crippen molar-refractivity contribution >= 4 is 11.7 Å². The zero-order valence-electron chi connectivity index (χ0n) is 10.1. The van der Waals surface area contributed by atoms with Crippen molar-refractivity contribution in [3.63, 3.8) is 0 Å². The normalized spacial score (nSPS) is 13.5. The van der Waals surface area contributed by atoms with Crippen molar-refractivity contribution in [2.75, 3.05) is 14.2 Å². The third kappa shape index (κ3) is 3.14. The molecule has 0 saturated heterocycles. The number of nitrogens with zero attached hydrogens (tertiary/aromatic N) is 2. The number of aromatic nitrogens is 1. The van der Waals surface area contributed by atoms with E-state index in [0.717, 1.165) is 13.2 Å². The first kappa shape index (κ1) is 14.8. The van der Waals surface area contributed by atoms with Crippen LogP contribution in [0.1, 0.15) is 11.8 Å². The van der Waals surface area contributed by atoms with E-state index in [2.05, 4.69) is 9.72 Å². The SMILES string of the molecule is COC(=O)C(O)C(O)c1nc(OC)ccc1[N+](=O)[O-]. The monoisotopic (exact) mass is 272 g/mol. The second-order valence-corrected chi connectivity index (χ2v) is 3.43. The summed E-state index contributed by atoms with van der Waals surface area (Å²) in [6.45, 7) is 0. The highest BCUT2D eigenvalue weighted by atomic mass is 16.6. The van der Waals surface area contributed by atoms with E-state index < -0.39 is 34.5 Å². The molecule has 1 rings (SSSR count). The van der Waals surface area contributed by atoms with E-state index in [9.17, 15) is 25.1 Å². The molecule has 0 amide bonds. The van der Waals surface area contributed by atoms with E-state index in [1.807, 2.05) is 0 Å². The van der Waals surface area contributed by atoms with Crippen LogP contribution in [0.4, 0.5) is 5.69 Å². The van der Waals surface area contributed by atoms with Crippen LogP contribution in [0.2, 0.25) is 0 Å². The number of pyridine rings is 1. The Bertz CT molecular complexity index is 491. The van der Waals surface area contributed by atoms with E-state index in [0.29, 0.717) is 0 Å². The smallest absolute Gasteiger partial charge is 0.337 e. The molecule has 0 aliphatic rings. The lowest BCUT2D eigenvalue weighted by molar-refractivity contribution is -0.386. The first-order chi connectivity index (χ1) is 8.92. The number of aliphatic hydroxyl groups is 2. The fraction of sp³-hybridized carbons (Fsp3) is 0.400. The standard InChI is InChI=1S/C10H12N2O7/c1-18-6-4-3-5(12(16)17)7(11-6)8(13)9(14)10(15)19-2/h3-4,8-9,13-14H,1-2H3. The molecule has 0 saturated carbocycles. The zero-order chi connectivity index (χ0) is 14.6. The summed E-state index contributed by atoms with van der Waals surface area (Å²) in [4.78, 5) is 24.8. The van der Waals surface area contributed by atoms with Crippen molar-refractivity contribution < 1.29 is 29.4 Å². The Kier molecular flexibility index (Phi) is 4.73. The molecule has 0 aromatic carbocycles. The fourth-order valence-corrected chi connectivity index (χ4v) is 1.33. The molecule has 0 bridgehead atoms. The molecule has 0 fully saturated rings. The van der Waals surface area contributed by atoms with Gasteiger partial charge in [0.1, 0.15) is 6.10 Å². The predicted molar refractivity (Wildman–Crippen MR) is 60.4 cm³/mol. The zero-order valence-corrected chi connectivity index (χ0v) is 10.1. The molecule has 9 heteroatoms. The van der Waals surface area contributed by atoms with Gasteiger partial charge in [-0.1, -0.05) is 0 Å². The summed E-state index contributed by atoms with van der Waals surface area (Å²) in [6, 6.07) is 2.27. The molecule has 2 atom stereocenters. The minimum atomic E-state index is -1.98. The van der Waals surface area contributed by atoms with Crippen molar-refractivity contribution in [1.82, 2.24) is 4.98 Å². The lowest BCUT2D eigenvalue weighted by Crippen LogP contribution is -2.30. The number of hydrogen-bond acceptors (Lipinski definition) is 8. The average molecular weight is 272 g/mol. The fourth-order valence-electron chi connectivity index (χ4n) is 1.33. The van der Waals surface area contributed by atoms with Crippen LogP contribution in [-0.2, 0) is 9.53 Å². The Balaban J connectivity index is 3.22. The topological polar surface area (TPSA) is 132 Å². The Morgan fingerprint density at radius 1 is 1.42 bits per heavy atom. The number of ether oxygens (including phenoxy) is 2. The van der Waals surface area contributed by atoms with Gasteiger partial charge in [0.15, 0.2) is 11.8 Å². The lowest BCUT2D eigenvalue weighted by Gasteiger charge is -2.15. The molecule has 0 radical (unpaired) electrons. The maximum atomic E-state index is 11.1. The van der Waals surface area contributed by atoms with Crippen LogP contribution in [0.25, 0.3) is 0 Å². The second kappa shape index (κ2) is 6.07. The van der Waals surface area contributed by atoms with E-state index in [-0.39, 0.29) is 5.88 Å². The first-order valence-electron chi connectivity index (χ1n) is 5.05. The van der Waals surface area contributed by atoms with E-state index >= 15 is 0 Å². The van der Waals surface area contributed by atoms with Crippen LogP contribution in [0, 0.1) is 10.1 Å². The molecule has 1 aromatic rings. The summed E-state index contributed by atoms with van der Waals surface area (Å²) in [7, 11) is 2.28. The molecule has 19 heavy (non-hydrogen) atoms. The number of rotatable bonds is 5. The van der Waals surface area contributed by atoms with E-state index in [1.165, 1.54) is 13.2 Å². The van der Waals surface area contributed by atoms with Gasteiger partial charge in [0.2, 0.25) is 5.88 Å². The highest BCUT2D eigenvalue weighted by Crippen LogP contribution is 2.28. The van der Waals surface area contributed by atoms with Gasteiger partial charge in [0, 0.05) is 12.1 Å². The van der Waals surface area contributed by atoms with Crippen LogP contribution in [-0.4, -0.2) is 46.4 Å². The number of carbonyl (C=O) groups excluding carboxylic acids is 1. The largest absolute Gasteiger partial charge is 0.481 e. The minimum absolute atomic E-state index is 0.00304. The predicted octanol–water partition coefficient (Wildman–Crippen LogP) is -0.434. The van der Waals surface area contributed by atoms with Gasteiger partial charge < -0.3 is 19.7 Å². The van der Waals surface area contributed by atoms with Crippen molar-refractivity contribution in [3.8, 4) is 5.88 Å². The minimum Gasteiger partial charge on any atom is -0.481 e. The number of methoxy groups -OCH3 is 2. The highest BCUT2D eigenvalue weighted by molar-refractivity contribution is 5.75. The van der Waals surface area contributed by atoms with Gasteiger partial charge in [-0.3, -0.25) is 10.1 Å². The molecule has 0 spiro atoms. The van der Waals surface area contributed by atoms with Gasteiger partial charge in [-0.15, -0.1) is 0 Å². The van der Waals surface area contributed by atoms with Gasteiger partial charge in [-0.05, 0) is 0 Å². The third-order valence-electron chi connectivity index (χ3n) is 2.30. The molecular weight excluding hydrogens is 260 g/mol. The van der Waals surface area contributed by atoms with Crippen LogP contribution in [0.15, 0.2) is 12.1 Å². The highest BCUT2D eigenvalue weighted by Gasteiger charge is 2.33. The van der Waals surface area contributed by atoms with Crippen LogP contribution >= 0.6 is 0 Å². The average Bonchev–Trinajstić information content (AvgIpc) is 2.43. The van der Waals surface area contributed by atoms with Gasteiger partial charge in [0.25, 0.3) is 5.69 Å². The molecule has 1 aromatic heterocycles. The summed E-state index contributed by atoms with van der Waals surface area (Å²) in [6.07, 6.45) is -3.88.